The molecule has 1 fully saturated rings. The third kappa shape index (κ3) is 5.53. The summed E-state index contributed by atoms with van der Waals surface area (Å²) in [6.45, 7) is 4.92. The summed E-state index contributed by atoms with van der Waals surface area (Å²) in [6.07, 6.45) is 1.55. The Morgan fingerprint density at radius 1 is 1.33 bits per heavy atom. The smallest absolute Gasteiger partial charge is 0.274 e. The van der Waals surface area contributed by atoms with Gasteiger partial charge in [-0.15, -0.1) is 0 Å². The van der Waals surface area contributed by atoms with Crippen LogP contribution in [-0.4, -0.2) is 67.3 Å². The number of hydrogen-bond acceptors (Lipinski definition) is 7. The van der Waals surface area contributed by atoms with Gasteiger partial charge in [0.1, 0.15) is 11.4 Å². The first-order chi connectivity index (χ1) is 13.2. The fraction of sp³-hybridized carbons (Fsp3) is 0.389. The summed E-state index contributed by atoms with van der Waals surface area (Å²) in [7, 11) is 1.53. The molecule has 0 atom stereocenters. The lowest BCUT2D eigenvalue weighted by Gasteiger charge is -2.26. The van der Waals surface area contributed by atoms with Gasteiger partial charge in [0.2, 0.25) is 5.95 Å². The third-order valence-electron chi connectivity index (χ3n) is 4.11. The Balaban J connectivity index is 1.59. The average molecular weight is 392 g/mol. The molecule has 0 saturated carbocycles. The molecule has 144 valence electrons. The third-order valence-corrected chi connectivity index (χ3v) is 4.35. The molecule has 0 aliphatic carbocycles. The number of carbonyl (C=O) groups is 1. The van der Waals surface area contributed by atoms with Gasteiger partial charge in [0.25, 0.3) is 5.91 Å². The van der Waals surface area contributed by atoms with Crippen LogP contribution in [0.2, 0.25) is 5.02 Å². The summed E-state index contributed by atoms with van der Waals surface area (Å²) in [4.78, 5) is 23.3. The van der Waals surface area contributed by atoms with E-state index in [9.17, 15) is 4.79 Å². The zero-order valence-corrected chi connectivity index (χ0v) is 15.8. The van der Waals surface area contributed by atoms with E-state index in [0.717, 1.165) is 32.8 Å². The number of rotatable bonds is 7. The monoisotopic (exact) mass is 391 g/mol. The maximum absolute atomic E-state index is 12.5. The van der Waals surface area contributed by atoms with Crippen molar-refractivity contribution in [2.75, 3.05) is 57.1 Å². The number of halogens is 1. The van der Waals surface area contributed by atoms with Gasteiger partial charge in [-0.1, -0.05) is 11.6 Å². The predicted molar refractivity (Wildman–Crippen MR) is 104 cm³/mol. The molecule has 1 aromatic heterocycles. The summed E-state index contributed by atoms with van der Waals surface area (Å²) in [5.41, 5.74) is 0.733. The van der Waals surface area contributed by atoms with Crippen LogP contribution in [0.5, 0.6) is 5.75 Å². The first-order valence-corrected chi connectivity index (χ1v) is 9.05. The molecule has 1 aliphatic heterocycles. The van der Waals surface area contributed by atoms with E-state index >= 15 is 0 Å². The molecule has 8 nitrogen and oxygen atoms in total. The van der Waals surface area contributed by atoms with E-state index in [2.05, 4.69) is 25.5 Å². The molecule has 0 radical (unpaired) electrons. The highest BCUT2D eigenvalue weighted by atomic mass is 35.5. The van der Waals surface area contributed by atoms with Gasteiger partial charge in [-0.05, 0) is 24.3 Å². The fourth-order valence-electron chi connectivity index (χ4n) is 2.69. The zero-order valence-electron chi connectivity index (χ0n) is 15.1. The van der Waals surface area contributed by atoms with Gasteiger partial charge < -0.3 is 20.1 Å². The van der Waals surface area contributed by atoms with Crippen molar-refractivity contribution in [1.82, 2.24) is 14.9 Å². The van der Waals surface area contributed by atoms with E-state index < -0.39 is 0 Å². The lowest BCUT2D eigenvalue weighted by atomic mass is 10.2. The van der Waals surface area contributed by atoms with E-state index in [4.69, 9.17) is 21.1 Å². The summed E-state index contributed by atoms with van der Waals surface area (Å²) < 4.78 is 10.6. The van der Waals surface area contributed by atoms with Crippen molar-refractivity contribution in [3.8, 4) is 5.75 Å². The number of nitrogens with zero attached hydrogens (tertiary/aromatic N) is 3. The van der Waals surface area contributed by atoms with E-state index in [1.807, 2.05) is 0 Å². The highest BCUT2D eigenvalue weighted by Gasteiger charge is 2.13. The van der Waals surface area contributed by atoms with E-state index in [-0.39, 0.29) is 11.6 Å². The number of morpholine rings is 1. The normalized spacial score (nSPS) is 14.6. The minimum absolute atomic E-state index is 0.251. The van der Waals surface area contributed by atoms with Crippen LogP contribution in [0.3, 0.4) is 0 Å². The summed E-state index contributed by atoms with van der Waals surface area (Å²) in [6, 6.07) is 6.56. The highest BCUT2D eigenvalue weighted by molar-refractivity contribution is 6.31. The summed E-state index contributed by atoms with van der Waals surface area (Å²) in [5, 5.41) is 6.42. The van der Waals surface area contributed by atoms with E-state index in [0.29, 0.717) is 29.0 Å². The van der Waals surface area contributed by atoms with Gasteiger partial charge in [-0.2, -0.15) is 0 Å². The number of ether oxygens (including phenoxy) is 2. The molecule has 1 aliphatic rings. The van der Waals surface area contributed by atoms with Crippen LogP contribution in [0.1, 0.15) is 10.5 Å². The van der Waals surface area contributed by atoms with Gasteiger partial charge in [0.05, 0.1) is 26.0 Å². The summed E-state index contributed by atoms with van der Waals surface area (Å²) >= 11 is 6.00. The molecule has 9 heteroatoms. The van der Waals surface area contributed by atoms with Gasteiger partial charge in [-0.25, -0.2) is 9.97 Å². The van der Waals surface area contributed by atoms with Crippen LogP contribution >= 0.6 is 11.6 Å². The van der Waals surface area contributed by atoms with Crippen molar-refractivity contribution in [3.05, 3.63) is 41.2 Å². The van der Waals surface area contributed by atoms with Gasteiger partial charge in [-0.3, -0.25) is 9.69 Å². The number of carbonyl (C=O) groups excluding carboxylic acids is 1. The standard InChI is InChI=1S/C18H22ClN5O3/c1-26-16-3-2-13(19)12-15(16)22-17(25)14-4-5-20-18(23-14)21-6-7-24-8-10-27-11-9-24/h2-5,12H,6-11H2,1H3,(H,22,25)(H,20,21,23). The molecule has 27 heavy (non-hydrogen) atoms. The number of methoxy groups -OCH3 is 1. The number of anilines is 2. The quantitative estimate of drug-likeness (QED) is 0.747. The SMILES string of the molecule is COc1ccc(Cl)cc1NC(=O)c1ccnc(NCCN2CCOCC2)n1. The Morgan fingerprint density at radius 2 is 2.15 bits per heavy atom. The molecule has 2 N–H and O–H groups in total. The fourth-order valence-corrected chi connectivity index (χ4v) is 2.86. The molecule has 1 amide bonds. The number of nitrogens with one attached hydrogen (secondary N) is 2. The number of benzene rings is 1. The van der Waals surface area contributed by atoms with Crippen LogP contribution in [0.4, 0.5) is 11.6 Å². The topological polar surface area (TPSA) is 88.6 Å². The van der Waals surface area contributed by atoms with Crippen molar-refractivity contribution in [2.45, 2.75) is 0 Å². The maximum Gasteiger partial charge on any atom is 0.274 e. The van der Waals surface area contributed by atoms with Crippen molar-refractivity contribution >= 4 is 29.1 Å². The lowest BCUT2D eigenvalue weighted by Crippen LogP contribution is -2.39. The van der Waals surface area contributed by atoms with Gasteiger partial charge >= 0.3 is 0 Å². The Labute approximate surface area is 162 Å². The number of hydrogen-bond donors (Lipinski definition) is 2. The van der Waals surface area contributed by atoms with Crippen molar-refractivity contribution < 1.29 is 14.3 Å². The molecule has 2 heterocycles. The Hall–Kier alpha value is -2.42. The summed E-state index contributed by atoms with van der Waals surface area (Å²) in [5.74, 6) is 0.564. The van der Waals surface area contributed by atoms with Gasteiger partial charge in [0, 0.05) is 37.4 Å². The first-order valence-electron chi connectivity index (χ1n) is 8.67. The average Bonchev–Trinajstić information content (AvgIpc) is 2.69. The van der Waals surface area contributed by atoms with Gasteiger partial charge in [0.15, 0.2) is 0 Å². The van der Waals surface area contributed by atoms with E-state index in [1.54, 1.807) is 30.5 Å². The molecule has 2 aromatic rings. The molecule has 1 aromatic carbocycles. The van der Waals surface area contributed by atoms with Crippen LogP contribution < -0.4 is 15.4 Å². The molecule has 0 unspecified atom stereocenters. The van der Waals surface area contributed by atoms with Crippen molar-refractivity contribution in [1.29, 1.82) is 0 Å². The predicted octanol–water partition coefficient (Wildman–Crippen LogP) is 2.13. The molecule has 0 spiro atoms. The molecule has 1 saturated heterocycles. The van der Waals surface area contributed by atoms with E-state index in [1.165, 1.54) is 7.11 Å². The van der Waals surface area contributed by atoms with Crippen LogP contribution in [0, 0.1) is 0 Å². The molecular weight excluding hydrogens is 370 g/mol. The van der Waals surface area contributed by atoms with Crippen molar-refractivity contribution in [3.63, 3.8) is 0 Å². The lowest BCUT2D eigenvalue weighted by molar-refractivity contribution is 0.0398. The number of amides is 1. The Bertz CT molecular complexity index is 783. The van der Waals surface area contributed by atoms with Crippen LogP contribution in [0.25, 0.3) is 0 Å². The Kier molecular flexibility index (Phi) is 6.80. The van der Waals surface area contributed by atoms with Crippen LogP contribution in [0.15, 0.2) is 30.5 Å². The first kappa shape index (κ1) is 19.3. The highest BCUT2D eigenvalue weighted by Crippen LogP contribution is 2.28. The molecular formula is C18H22ClN5O3. The second-order valence-electron chi connectivity index (χ2n) is 5.95. The maximum atomic E-state index is 12.5. The minimum Gasteiger partial charge on any atom is -0.495 e. The second-order valence-corrected chi connectivity index (χ2v) is 6.38. The Morgan fingerprint density at radius 3 is 2.93 bits per heavy atom. The van der Waals surface area contributed by atoms with Crippen molar-refractivity contribution in [2.24, 2.45) is 0 Å². The second kappa shape index (κ2) is 9.50. The number of aromatic nitrogens is 2. The molecule has 3 rings (SSSR count). The minimum atomic E-state index is -0.366. The van der Waals surface area contributed by atoms with Crippen LogP contribution in [-0.2, 0) is 4.74 Å². The zero-order chi connectivity index (χ0) is 19.1. The largest absolute Gasteiger partial charge is 0.495 e. The molecule has 0 bridgehead atoms.